The Balaban J connectivity index is 1.32. The number of nitrogens with one attached hydrogen (secondary N) is 1. The molecule has 2 heterocycles. The van der Waals surface area contributed by atoms with Gasteiger partial charge in [-0.05, 0) is 25.0 Å². The predicted octanol–water partition coefficient (Wildman–Crippen LogP) is 2.61. The van der Waals surface area contributed by atoms with Gasteiger partial charge in [-0.25, -0.2) is 4.98 Å². The molecule has 2 fully saturated rings. The van der Waals surface area contributed by atoms with Crippen LogP contribution in [0.15, 0.2) is 36.7 Å². The molecule has 4 rings (SSSR count). The number of nitrogens with zero attached hydrogens (tertiary/aromatic N) is 3. The molecule has 0 spiro atoms. The maximum absolute atomic E-state index is 12.5. The molecule has 0 bridgehead atoms. The minimum atomic E-state index is -0.0897. The molecular weight excluding hydrogens is 340 g/mol. The van der Waals surface area contributed by atoms with Crippen molar-refractivity contribution < 1.29 is 9.59 Å². The number of aryl methyl sites for hydroxylation is 1. The summed E-state index contributed by atoms with van der Waals surface area (Å²) in [6, 6.07) is 7.90. The molecule has 1 saturated carbocycles. The number of amides is 2. The average molecular weight is 366 g/mol. The second kappa shape index (κ2) is 7.55. The summed E-state index contributed by atoms with van der Waals surface area (Å²) >= 11 is 0. The van der Waals surface area contributed by atoms with Crippen LogP contribution in [0.3, 0.4) is 0 Å². The van der Waals surface area contributed by atoms with E-state index in [9.17, 15) is 9.59 Å². The van der Waals surface area contributed by atoms with Crippen LogP contribution in [0.2, 0.25) is 0 Å². The number of benzene rings is 1. The van der Waals surface area contributed by atoms with Crippen molar-refractivity contribution in [2.24, 2.45) is 13.0 Å². The number of rotatable bonds is 5. The van der Waals surface area contributed by atoms with E-state index in [1.807, 2.05) is 47.0 Å². The van der Waals surface area contributed by atoms with Crippen molar-refractivity contribution in [3.63, 3.8) is 0 Å². The van der Waals surface area contributed by atoms with E-state index >= 15 is 0 Å². The summed E-state index contributed by atoms with van der Waals surface area (Å²) in [6.45, 7) is 1.33. The summed E-state index contributed by atoms with van der Waals surface area (Å²) in [7, 11) is 1.95. The normalized spacial score (nSPS) is 20.4. The van der Waals surface area contributed by atoms with Gasteiger partial charge >= 0.3 is 0 Å². The molecule has 1 aromatic carbocycles. The molecule has 1 N–H and O–H groups in total. The zero-order valence-electron chi connectivity index (χ0n) is 15.7. The van der Waals surface area contributed by atoms with Crippen molar-refractivity contribution in [3.8, 4) is 11.4 Å². The minimum Gasteiger partial charge on any atom is -0.352 e. The Labute approximate surface area is 159 Å². The number of hydrogen-bond acceptors (Lipinski definition) is 3. The highest BCUT2D eigenvalue weighted by Crippen LogP contribution is 2.29. The van der Waals surface area contributed by atoms with E-state index in [-0.39, 0.29) is 17.7 Å². The van der Waals surface area contributed by atoms with Crippen molar-refractivity contribution in [3.05, 3.63) is 42.2 Å². The van der Waals surface area contributed by atoms with E-state index in [1.54, 1.807) is 6.20 Å². The summed E-state index contributed by atoms with van der Waals surface area (Å²) in [4.78, 5) is 31.1. The smallest absolute Gasteiger partial charge is 0.251 e. The molecule has 6 nitrogen and oxygen atoms in total. The molecular formula is C21H26N4O2. The van der Waals surface area contributed by atoms with Crippen molar-refractivity contribution >= 4 is 11.8 Å². The number of carbonyl (C=O) groups is 2. The molecule has 6 heteroatoms. The first-order chi connectivity index (χ1) is 13.1. The molecule has 1 aliphatic carbocycles. The van der Waals surface area contributed by atoms with Crippen molar-refractivity contribution in [1.82, 2.24) is 19.8 Å². The largest absolute Gasteiger partial charge is 0.352 e. The lowest BCUT2D eigenvalue weighted by molar-refractivity contribution is -0.129. The number of hydrogen-bond donors (Lipinski definition) is 1. The van der Waals surface area contributed by atoms with Gasteiger partial charge in [0.15, 0.2) is 0 Å². The van der Waals surface area contributed by atoms with Gasteiger partial charge < -0.3 is 14.8 Å². The first-order valence-corrected chi connectivity index (χ1v) is 9.77. The first kappa shape index (κ1) is 17.8. The van der Waals surface area contributed by atoms with Gasteiger partial charge in [0.1, 0.15) is 5.82 Å². The fraction of sp³-hybridized carbons (Fsp3) is 0.476. The summed E-state index contributed by atoms with van der Waals surface area (Å²) in [5.74, 6) is 1.25. The van der Waals surface area contributed by atoms with Crippen LogP contribution >= 0.6 is 0 Å². The van der Waals surface area contributed by atoms with Gasteiger partial charge in [0.2, 0.25) is 5.91 Å². The quantitative estimate of drug-likeness (QED) is 0.884. The Kier molecular flexibility index (Phi) is 4.97. The summed E-state index contributed by atoms with van der Waals surface area (Å²) < 4.78 is 1.95. The molecule has 2 aliphatic rings. The standard InChI is InChI=1S/C21H26N4O2/c1-24-11-10-22-20(24)16-6-8-17(9-7-16)21(27)23-13-15-12-19(26)25(14-15)18-4-2-3-5-18/h6-11,15,18H,2-5,12-14H2,1H3,(H,23,27)/t15-/m1/s1. The fourth-order valence-electron chi connectivity index (χ4n) is 4.27. The van der Waals surface area contributed by atoms with Crippen LogP contribution in [-0.2, 0) is 11.8 Å². The van der Waals surface area contributed by atoms with E-state index in [0.29, 0.717) is 24.6 Å². The lowest BCUT2D eigenvalue weighted by Crippen LogP contribution is -2.36. The van der Waals surface area contributed by atoms with Crippen LogP contribution in [0.1, 0.15) is 42.5 Å². The number of aromatic nitrogens is 2. The van der Waals surface area contributed by atoms with Crippen molar-refractivity contribution in [2.75, 3.05) is 13.1 Å². The van der Waals surface area contributed by atoms with E-state index in [0.717, 1.165) is 30.8 Å². The molecule has 142 valence electrons. The third kappa shape index (κ3) is 3.75. The third-order valence-electron chi connectivity index (χ3n) is 5.78. The molecule has 1 aliphatic heterocycles. The lowest BCUT2D eigenvalue weighted by Gasteiger charge is -2.24. The summed E-state index contributed by atoms with van der Waals surface area (Å²) in [5.41, 5.74) is 1.61. The number of likely N-dealkylation sites (tertiary alicyclic amines) is 1. The molecule has 1 aromatic heterocycles. The Morgan fingerprint density at radius 3 is 2.63 bits per heavy atom. The zero-order chi connectivity index (χ0) is 18.8. The predicted molar refractivity (Wildman–Crippen MR) is 103 cm³/mol. The molecule has 0 unspecified atom stereocenters. The van der Waals surface area contributed by atoms with Crippen LogP contribution in [0, 0.1) is 5.92 Å². The Hall–Kier alpha value is -2.63. The Morgan fingerprint density at radius 2 is 1.96 bits per heavy atom. The van der Waals surface area contributed by atoms with Gasteiger partial charge in [-0.1, -0.05) is 25.0 Å². The highest BCUT2D eigenvalue weighted by Gasteiger charge is 2.35. The average Bonchev–Trinajstić information content (AvgIpc) is 3.41. The Morgan fingerprint density at radius 1 is 1.22 bits per heavy atom. The SMILES string of the molecule is Cn1ccnc1-c1ccc(C(=O)NC[C@H]2CC(=O)N(C3CCCC3)C2)cc1. The van der Waals surface area contributed by atoms with E-state index in [1.165, 1.54) is 12.8 Å². The van der Waals surface area contributed by atoms with Crippen LogP contribution in [0.25, 0.3) is 11.4 Å². The van der Waals surface area contributed by atoms with E-state index in [2.05, 4.69) is 10.3 Å². The minimum absolute atomic E-state index is 0.0897. The van der Waals surface area contributed by atoms with Gasteiger partial charge in [-0.15, -0.1) is 0 Å². The number of imidazole rings is 1. The van der Waals surface area contributed by atoms with Crippen LogP contribution < -0.4 is 5.32 Å². The van der Waals surface area contributed by atoms with Crippen LogP contribution in [-0.4, -0.2) is 45.4 Å². The van der Waals surface area contributed by atoms with E-state index < -0.39 is 0 Å². The van der Waals surface area contributed by atoms with Crippen LogP contribution in [0.5, 0.6) is 0 Å². The molecule has 27 heavy (non-hydrogen) atoms. The topological polar surface area (TPSA) is 67.2 Å². The fourth-order valence-corrected chi connectivity index (χ4v) is 4.27. The van der Waals surface area contributed by atoms with Crippen molar-refractivity contribution in [1.29, 1.82) is 0 Å². The summed E-state index contributed by atoms with van der Waals surface area (Å²) in [6.07, 6.45) is 8.92. The molecule has 1 atom stereocenters. The van der Waals surface area contributed by atoms with Gasteiger partial charge in [-0.3, -0.25) is 9.59 Å². The molecule has 2 aromatic rings. The third-order valence-corrected chi connectivity index (χ3v) is 5.78. The number of carbonyl (C=O) groups excluding carboxylic acids is 2. The molecule has 1 saturated heterocycles. The zero-order valence-corrected chi connectivity index (χ0v) is 15.7. The monoisotopic (exact) mass is 366 g/mol. The van der Waals surface area contributed by atoms with Crippen LogP contribution in [0.4, 0.5) is 0 Å². The maximum atomic E-state index is 12.5. The highest BCUT2D eigenvalue weighted by molar-refractivity contribution is 5.94. The first-order valence-electron chi connectivity index (χ1n) is 9.77. The van der Waals surface area contributed by atoms with E-state index in [4.69, 9.17) is 0 Å². The second-order valence-electron chi connectivity index (χ2n) is 7.70. The van der Waals surface area contributed by atoms with Gasteiger partial charge in [0.05, 0.1) is 0 Å². The Bertz CT molecular complexity index is 821. The highest BCUT2D eigenvalue weighted by atomic mass is 16.2. The van der Waals surface area contributed by atoms with Crippen molar-refractivity contribution in [2.45, 2.75) is 38.1 Å². The lowest BCUT2D eigenvalue weighted by atomic mass is 10.1. The molecule has 0 radical (unpaired) electrons. The van der Waals surface area contributed by atoms with Gasteiger partial charge in [-0.2, -0.15) is 0 Å². The van der Waals surface area contributed by atoms with Gasteiger partial charge in [0.25, 0.3) is 5.91 Å². The second-order valence-corrected chi connectivity index (χ2v) is 7.70. The maximum Gasteiger partial charge on any atom is 0.251 e. The molecule has 2 amide bonds. The summed E-state index contributed by atoms with van der Waals surface area (Å²) in [5, 5.41) is 3.00. The van der Waals surface area contributed by atoms with Gasteiger partial charge in [0, 0.05) is 62.0 Å².